The molecule has 0 aromatic heterocycles. The zero-order chi connectivity index (χ0) is 12.8. The van der Waals surface area contributed by atoms with E-state index in [1.165, 1.54) is 0 Å². The van der Waals surface area contributed by atoms with Gasteiger partial charge >= 0.3 is 0 Å². The van der Waals surface area contributed by atoms with Crippen LogP contribution < -0.4 is 5.32 Å². The van der Waals surface area contributed by atoms with Gasteiger partial charge in [-0.1, -0.05) is 6.92 Å². The summed E-state index contributed by atoms with van der Waals surface area (Å²) in [5, 5.41) is 12.4. The lowest BCUT2D eigenvalue weighted by Crippen LogP contribution is -2.57. The topological polar surface area (TPSA) is 42.3 Å². The maximum absolute atomic E-state index is 9.12. The van der Waals surface area contributed by atoms with E-state index in [-0.39, 0.29) is 6.04 Å². The molecule has 1 aliphatic heterocycles. The molecule has 0 amide bonds. The summed E-state index contributed by atoms with van der Waals surface area (Å²) in [6.45, 7) is 10.5. The second-order valence-electron chi connectivity index (χ2n) is 5.22. The highest BCUT2D eigenvalue weighted by atomic mass is 15.3. The molecular weight excluding hydrogens is 212 g/mol. The minimum Gasteiger partial charge on any atom is -0.301 e. The van der Waals surface area contributed by atoms with E-state index in [4.69, 9.17) is 5.26 Å². The summed E-state index contributed by atoms with van der Waals surface area (Å²) in [4.78, 5) is 4.82. The van der Waals surface area contributed by atoms with Crippen molar-refractivity contribution in [3.63, 3.8) is 0 Å². The average Bonchev–Trinajstić information content (AvgIpc) is 2.31. The number of nitrogens with one attached hydrogen (secondary N) is 1. The fourth-order valence-electron chi connectivity index (χ4n) is 2.39. The molecule has 98 valence electrons. The number of nitrogens with zero attached hydrogens (tertiary/aromatic N) is 3. The van der Waals surface area contributed by atoms with E-state index < -0.39 is 0 Å². The van der Waals surface area contributed by atoms with Crippen LogP contribution in [0.15, 0.2) is 0 Å². The lowest BCUT2D eigenvalue weighted by Gasteiger charge is -2.43. The Morgan fingerprint density at radius 3 is 2.41 bits per heavy atom. The average molecular weight is 238 g/mol. The summed E-state index contributed by atoms with van der Waals surface area (Å²) < 4.78 is 0. The first-order valence-electron chi connectivity index (χ1n) is 6.65. The first kappa shape index (κ1) is 14.4. The molecule has 1 aliphatic rings. The molecule has 4 heteroatoms. The molecule has 3 unspecified atom stereocenters. The lowest BCUT2D eigenvalue weighted by atomic mass is 10.1. The summed E-state index contributed by atoms with van der Waals surface area (Å²) in [6.07, 6.45) is 1.08. The SMILES string of the molecule is CCCNC(C#N)CN1CC(C)N(C)C(C)C1. The fraction of sp³-hybridized carbons (Fsp3) is 0.923. The van der Waals surface area contributed by atoms with Gasteiger partial charge in [0.15, 0.2) is 0 Å². The van der Waals surface area contributed by atoms with E-state index in [1.807, 2.05) is 0 Å². The molecule has 0 aliphatic carbocycles. The number of piperazine rings is 1. The lowest BCUT2D eigenvalue weighted by molar-refractivity contribution is 0.0575. The molecule has 0 bridgehead atoms. The van der Waals surface area contributed by atoms with Gasteiger partial charge in [0.2, 0.25) is 0 Å². The quantitative estimate of drug-likeness (QED) is 0.773. The molecule has 1 N–H and O–H groups in total. The maximum atomic E-state index is 9.12. The standard InChI is InChI=1S/C13H26N4/c1-5-6-15-13(7-14)10-17-8-11(2)16(4)12(3)9-17/h11-13,15H,5-6,8-10H2,1-4H3. The Balaban J connectivity index is 2.43. The molecule has 0 aromatic rings. The van der Waals surface area contributed by atoms with E-state index >= 15 is 0 Å². The van der Waals surface area contributed by atoms with Crippen molar-refractivity contribution in [2.24, 2.45) is 0 Å². The molecule has 1 saturated heterocycles. The van der Waals surface area contributed by atoms with Gasteiger partial charge in [-0.05, 0) is 33.9 Å². The van der Waals surface area contributed by atoms with Gasteiger partial charge in [0.05, 0.1) is 6.07 Å². The number of hydrogen-bond acceptors (Lipinski definition) is 4. The predicted octanol–water partition coefficient (Wildman–Crippen LogP) is 0.903. The zero-order valence-corrected chi connectivity index (χ0v) is 11.6. The Morgan fingerprint density at radius 2 is 1.94 bits per heavy atom. The molecule has 0 aromatic carbocycles. The van der Waals surface area contributed by atoms with Crippen LogP contribution in [-0.4, -0.2) is 61.2 Å². The first-order valence-corrected chi connectivity index (χ1v) is 6.65. The van der Waals surface area contributed by atoms with Crippen molar-refractivity contribution >= 4 is 0 Å². The van der Waals surface area contributed by atoms with Crippen LogP contribution in [0.3, 0.4) is 0 Å². The summed E-state index contributed by atoms with van der Waals surface area (Å²) >= 11 is 0. The molecule has 3 atom stereocenters. The van der Waals surface area contributed by atoms with Crippen LogP contribution in [-0.2, 0) is 0 Å². The van der Waals surface area contributed by atoms with E-state index in [1.54, 1.807) is 0 Å². The molecule has 1 rings (SSSR count). The number of likely N-dealkylation sites (N-methyl/N-ethyl adjacent to an activating group) is 1. The van der Waals surface area contributed by atoms with Crippen LogP contribution in [0.4, 0.5) is 0 Å². The number of nitriles is 1. The first-order chi connectivity index (χ1) is 8.08. The minimum absolute atomic E-state index is 0.0299. The van der Waals surface area contributed by atoms with Crippen molar-refractivity contribution in [3.8, 4) is 6.07 Å². The maximum Gasteiger partial charge on any atom is 0.108 e. The Morgan fingerprint density at radius 1 is 1.35 bits per heavy atom. The molecular formula is C13H26N4. The number of hydrogen-bond donors (Lipinski definition) is 1. The second kappa shape index (κ2) is 6.95. The van der Waals surface area contributed by atoms with Gasteiger partial charge in [-0.15, -0.1) is 0 Å². The fourth-order valence-corrected chi connectivity index (χ4v) is 2.39. The van der Waals surface area contributed by atoms with Crippen LogP contribution in [0.1, 0.15) is 27.2 Å². The third kappa shape index (κ3) is 4.27. The molecule has 0 saturated carbocycles. The van der Waals surface area contributed by atoms with Gasteiger partial charge < -0.3 is 5.32 Å². The van der Waals surface area contributed by atoms with Gasteiger partial charge in [0.25, 0.3) is 0 Å². The Labute approximate surface area is 106 Å². The van der Waals surface area contributed by atoms with Crippen molar-refractivity contribution in [2.75, 3.05) is 33.2 Å². The summed E-state index contributed by atoms with van der Waals surface area (Å²) in [5.74, 6) is 0. The highest BCUT2D eigenvalue weighted by molar-refractivity contribution is 4.94. The Bertz CT molecular complexity index is 249. The molecule has 0 spiro atoms. The van der Waals surface area contributed by atoms with Crippen LogP contribution in [0.5, 0.6) is 0 Å². The van der Waals surface area contributed by atoms with Gasteiger partial charge in [0.1, 0.15) is 6.04 Å². The minimum atomic E-state index is -0.0299. The third-order valence-corrected chi connectivity index (χ3v) is 3.67. The van der Waals surface area contributed by atoms with Crippen molar-refractivity contribution < 1.29 is 0 Å². The number of rotatable bonds is 5. The highest BCUT2D eigenvalue weighted by Crippen LogP contribution is 2.13. The molecule has 1 fully saturated rings. The van der Waals surface area contributed by atoms with Crippen molar-refractivity contribution in [2.45, 2.75) is 45.3 Å². The Hall–Kier alpha value is -0.630. The predicted molar refractivity (Wildman–Crippen MR) is 70.8 cm³/mol. The van der Waals surface area contributed by atoms with Crippen LogP contribution in [0.2, 0.25) is 0 Å². The summed E-state index contributed by atoms with van der Waals surface area (Å²) in [7, 11) is 2.18. The van der Waals surface area contributed by atoms with E-state index in [0.717, 1.165) is 32.6 Å². The van der Waals surface area contributed by atoms with Crippen molar-refractivity contribution in [1.29, 1.82) is 5.26 Å². The van der Waals surface area contributed by atoms with Crippen LogP contribution >= 0.6 is 0 Å². The molecule has 1 heterocycles. The van der Waals surface area contributed by atoms with E-state index in [2.05, 4.69) is 49.0 Å². The van der Waals surface area contributed by atoms with Crippen LogP contribution in [0.25, 0.3) is 0 Å². The zero-order valence-electron chi connectivity index (χ0n) is 11.6. The second-order valence-corrected chi connectivity index (χ2v) is 5.22. The van der Waals surface area contributed by atoms with Gasteiger partial charge in [-0.2, -0.15) is 5.26 Å². The van der Waals surface area contributed by atoms with Gasteiger partial charge in [-0.3, -0.25) is 9.80 Å². The normalized spacial score (nSPS) is 28.9. The summed E-state index contributed by atoms with van der Waals surface area (Å²) in [6, 6.07) is 3.48. The molecule has 4 nitrogen and oxygen atoms in total. The van der Waals surface area contributed by atoms with E-state index in [0.29, 0.717) is 12.1 Å². The third-order valence-electron chi connectivity index (χ3n) is 3.67. The van der Waals surface area contributed by atoms with Crippen LogP contribution in [0, 0.1) is 11.3 Å². The van der Waals surface area contributed by atoms with Crippen molar-refractivity contribution in [3.05, 3.63) is 0 Å². The van der Waals surface area contributed by atoms with E-state index in [9.17, 15) is 0 Å². The van der Waals surface area contributed by atoms with Gasteiger partial charge in [0, 0.05) is 31.7 Å². The monoisotopic (exact) mass is 238 g/mol. The highest BCUT2D eigenvalue weighted by Gasteiger charge is 2.27. The van der Waals surface area contributed by atoms with Crippen molar-refractivity contribution in [1.82, 2.24) is 15.1 Å². The van der Waals surface area contributed by atoms with Gasteiger partial charge in [-0.25, -0.2) is 0 Å². The smallest absolute Gasteiger partial charge is 0.108 e. The summed E-state index contributed by atoms with van der Waals surface area (Å²) in [5.41, 5.74) is 0. The molecule has 17 heavy (non-hydrogen) atoms. The molecule has 0 radical (unpaired) electrons. The Kier molecular flexibility index (Phi) is 5.90. The largest absolute Gasteiger partial charge is 0.301 e.